The Kier molecular flexibility index (Phi) is 8.50. The highest BCUT2D eigenvalue weighted by atomic mass is 16.5. The average Bonchev–Trinajstić information content (AvgIpc) is 3.34. The van der Waals surface area contributed by atoms with Crippen molar-refractivity contribution < 1.29 is 4.74 Å². The molecule has 0 spiro atoms. The Labute approximate surface area is 192 Å². The van der Waals surface area contributed by atoms with Crippen molar-refractivity contribution in [2.75, 3.05) is 19.6 Å². The first-order valence-electron chi connectivity index (χ1n) is 11.7. The summed E-state index contributed by atoms with van der Waals surface area (Å²) < 4.78 is 8.03. The van der Waals surface area contributed by atoms with Gasteiger partial charge in [0.2, 0.25) is 0 Å². The molecule has 0 radical (unpaired) electrons. The lowest BCUT2D eigenvalue weighted by Crippen LogP contribution is -2.44. The van der Waals surface area contributed by atoms with Crippen LogP contribution in [0.2, 0.25) is 0 Å². The fourth-order valence-electron chi connectivity index (χ4n) is 4.02. The van der Waals surface area contributed by atoms with Crippen LogP contribution in [0.15, 0.2) is 23.2 Å². The van der Waals surface area contributed by atoms with E-state index in [9.17, 15) is 0 Å². The predicted molar refractivity (Wildman–Crippen MR) is 129 cm³/mol. The molecule has 32 heavy (non-hydrogen) atoms. The highest BCUT2D eigenvalue weighted by molar-refractivity contribution is 5.79. The Morgan fingerprint density at radius 2 is 2.06 bits per heavy atom. The molecule has 0 aliphatic carbocycles. The molecule has 8 heteroatoms. The molecule has 0 bridgehead atoms. The van der Waals surface area contributed by atoms with Crippen molar-refractivity contribution in [3.63, 3.8) is 0 Å². The normalized spacial score (nSPS) is 17.2. The highest BCUT2D eigenvalue weighted by Gasteiger charge is 2.23. The molecule has 2 N–H and O–H groups in total. The average molecular weight is 442 g/mol. The van der Waals surface area contributed by atoms with E-state index in [1.807, 2.05) is 32.4 Å². The summed E-state index contributed by atoms with van der Waals surface area (Å²) in [5.74, 6) is 3.46. The fourth-order valence-corrected chi connectivity index (χ4v) is 4.02. The molecule has 2 aromatic rings. The van der Waals surface area contributed by atoms with Gasteiger partial charge in [-0.1, -0.05) is 19.1 Å². The first-order chi connectivity index (χ1) is 15.4. The Hall–Kier alpha value is -2.61. The summed E-state index contributed by atoms with van der Waals surface area (Å²) in [7, 11) is 1.98. The third kappa shape index (κ3) is 6.45. The van der Waals surface area contributed by atoms with Gasteiger partial charge >= 0.3 is 0 Å². The topological polar surface area (TPSA) is 79.6 Å². The van der Waals surface area contributed by atoms with E-state index in [1.54, 1.807) is 0 Å². The molecule has 1 saturated heterocycles. The minimum Gasteiger partial charge on any atom is -0.491 e. The van der Waals surface area contributed by atoms with E-state index < -0.39 is 0 Å². The van der Waals surface area contributed by atoms with Crippen molar-refractivity contribution in [3.8, 4) is 5.75 Å². The standard InChI is InChI=1S/C24H39N7O/c1-7-31-12-8-9-21(31)15-26-24(27-16-23-29-28-19(5)30(23)6)25-14-20-11-10-18(4)13-22(20)32-17(2)3/h10-11,13,17,21H,7-9,12,14-16H2,1-6H3,(H2,25,26,27). The second-order valence-corrected chi connectivity index (χ2v) is 8.82. The zero-order valence-corrected chi connectivity index (χ0v) is 20.5. The number of likely N-dealkylation sites (tertiary alicyclic amines) is 1. The second-order valence-electron chi connectivity index (χ2n) is 8.82. The number of likely N-dealkylation sites (N-methyl/N-ethyl adjacent to an activating group) is 1. The molecule has 1 aliphatic rings. The number of nitrogens with zero attached hydrogens (tertiary/aromatic N) is 5. The molecular formula is C24H39N7O. The van der Waals surface area contributed by atoms with E-state index in [0.29, 0.717) is 19.1 Å². The summed E-state index contributed by atoms with van der Waals surface area (Å²) in [6.45, 7) is 14.6. The van der Waals surface area contributed by atoms with Crippen molar-refractivity contribution in [1.29, 1.82) is 0 Å². The molecule has 8 nitrogen and oxygen atoms in total. The molecule has 176 valence electrons. The van der Waals surface area contributed by atoms with Gasteiger partial charge in [-0.05, 0) is 65.3 Å². The lowest BCUT2D eigenvalue weighted by molar-refractivity contribution is 0.240. The van der Waals surface area contributed by atoms with E-state index in [4.69, 9.17) is 9.73 Å². The van der Waals surface area contributed by atoms with Crippen LogP contribution in [0.25, 0.3) is 0 Å². The van der Waals surface area contributed by atoms with Gasteiger partial charge in [-0.15, -0.1) is 10.2 Å². The van der Waals surface area contributed by atoms with Crippen LogP contribution in [0.3, 0.4) is 0 Å². The number of nitrogens with one attached hydrogen (secondary N) is 2. The Balaban J connectivity index is 1.73. The Morgan fingerprint density at radius 3 is 2.75 bits per heavy atom. The van der Waals surface area contributed by atoms with Crippen LogP contribution >= 0.6 is 0 Å². The lowest BCUT2D eigenvalue weighted by Gasteiger charge is -2.24. The Bertz CT molecular complexity index is 906. The van der Waals surface area contributed by atoms with Crippen molar-refractivity contribution in [1.82, 2.24) is 30.3 Å². The van der Waals surface area contributed by atoms with E-state index in [-0.39, 0.29) is 6.10 Å². The third-order valence-electron chi connectivity index (χ3n) is 6.00. The minimum atomic E-state index is 0.122. The first-order valence-corrected chi connectivity index (χ1v) is 11.7. The largest absolute Gasteiger partial charge is 0.491 e. The maximum atomic E-state index is 6.04. The molecule has 1 aliphatic heterocycles. The molecule has 1 fully saturated rings. The van der Waals surface area contributed by atoms with Crippen LogP contribution < -0.4 is 15.4 Å². The van der Waals surface area contributed by atoms with Crippen molar-refractivity contribution in [2.45, 2.75) is 72.7 Å². The molecule has 1 unspecified atom stereocenters. The number of aromatic nitrogens is 3. The van der Waals surface area contributed by atoms with Crippen LogP contribution in [-0.2, 0) is 20.1 Å². The van der Waals surface area contributed by atoms with Crippen LogP contribution in [-0.4, -0.2) is 57.4 Å². The number of benzene rings is 1. The monoisotopic (exact) mass is 441 g/mol. The van der Waals surface area contributed by atoms with Gasteiger partial charge in [-0.3, -0.25) is 4.90 Å². The number of hydrogen-bond donors (Lipinski definition) is 2. The van der Waals surface area contributed by atoms with E-state index in [2.05, 4.69) is 57.8 Å². The maximum Gasteiger partial charge on any atom is 0.192 e. The summed E-state index contributed by atoms with van der Waals surface area (Å²) in [6, 6.07) is 6.85. The number of aryl methyl sites for hydroxylation is 2. The SMILES string of the molecule is CCN1CCCC1CNC(=NCc1ccc(C)cc1OC(C)C)NCc1nnc(C)n1C. The number of hydrogen-bond acceptors (Lipinski definition) is 5. The van der Waals surface area contributed by atoms with Crippen LogP contribution in [0.5, 0.6) is 5.75 Å². The van der Waals surface area contributed by atoms with E-state index >= 15 is 0 Å². The van der Waals surface area contributed by atoms with E-state index in [1.165, 1.54) is 24.9 Å². The van der Waals surface area contributed by atoms with Gasteiger partial charge in [-0.25, -0.2) is 4.99 Å². The van der Waals surface area contributed by atoms with Crippen molar-refractivity contribution >= 4 is 5.96 Å². The summed E-state index contributed by atoms with van der Waals surface area (Å²) in [5, 5.41) is 15.4. The number of guanidine groups is 1. The summed E-state index contributed by atoms with van der Waals surface area (Å²) in [4.78, 5) is 7.43. The minimum absolute atomic E-state index is 0.122. The molecule has 1 aromatic heterocycles. The number of rotatable bonds is 9. The number of ether oxygens (including phenoxy) is 1. The van der Waals surface area contributed by atoms with Crippen molar-refractivity contribution in [3.05, 3.63) is 41.0 Å². The quantitative estimate of drug-likeness (QED) is 0.460. The van der Waals surface area contributed by atoms with Crippen molar-refractivity contribution in [2.24, 2.45) is 12.0 Å². The smallest absolute Gasteiger partial charge is 0.192 e. The second kappa shape index (κ2) is 11.3. The van der Waals surface area contributed by atoms with Gasteiger partial charge in [0.1, 0.15) is 11.6 Å². The Morgan fingerprint density at radius 1 is 1.25 bits per heavy atom. The van der Waals surface area contributed by atoms with Gasteiger partial charge in [0.05, 0.1) is 19.2 Å². The van der Waals surface area contributed by atoms with Crippen LogP contribution in [0, 0.1) is 13.8 Å². The van der Waals surface area contributed by atoms with Gasteiger partial charge < -0.3 is 19.9 Å². The molecule has 1 aromatic carbocycles. The molecule has 0 saturated carbocycles. The molecular weight excluding hydrogens is 402 g/mol. The summed E-state index contributed by atoms with van der Waals surface area (Å²) >= 11 is 0. The zero-order valence-electron chi connectivity index (χ0n) is 20.5. The molecule has 3 rings (SSSR count). The maximum absolute atomic E-state index is 6.04. The summed E-state index contributed by atoms with van der Waals surface area (Å²) in [5.41, 5.74) is 2.26. The molecule has 0 amide bonds. The third-order valence-corrected chi connectivity index (χ3v) is 6.00. The summed E-state index contributed by atoms with van der Waals surface area (Å²) in [6.07, 6.45) is 2.61. The van der Waals surface area contributed by atoms with Gasteiger partial charge in [-0.2, -0.15) is 0 Å². The lowest BCUT2D eigenvalue weighted by atomic mass is 10.1. The van der Waals surface area contributed by atoms with Crippen LogP contribution in [0.4, 0.5) is 0 Å². The highest BCUT2D eigenvalue weighted by Crippen LogP contribution is 2.22. The first kappa shape index (κ1) is 24.0. The van der Waals surface area contributed by atoms with Gasteiger partial charge in [0.25, 0.3) is 0 Å². The molecule has 2 heterocycles. The van der Waals surface area contributed by atoms with Crippen LogP contribution in [0.1, 0.15) is 56.4 Å². The zero-order chi connectivity index (χ0) is 23.1. The van der Waals surface area contributed by atoms with E-state index in [0.717, 1.165) is 42.0 Å². The predicted octanol–water partition coefficient (Wildman–Crippen LogP) is 2.94. The molecule has 1 atom stereocenters. The van der Waals surface area contributed by atoms with Gasteiger partial charge in [0, 0.05) is 25.2 Å². The van der Waals surface area contributed by atoms with Gasteiger partial charge in [0.15, 0.2) is 11.8 Å². The number of aliphatic imine (C=N–C) groups is 1. The fraction of sp³-hybridized carbons (Fsp3) is 0.625.